The Morgan fingerprint density at radius 3 is 2.60 bits per heavy atom. The molecule has 6 nitrogen and oxygen atoms in total. The van der Waals surface area contributed by atoms with Gasteiger partial charge in [-0.25, -0.2) is 12.8 Å². The summed E-state index contributed by atoms with van der Waals surface area (Å²) in [5.41, 5.74) is 1.65. The zero-order chi connectivity index (χ0) is 25.2. The average molecular weight is 583 g/mol. The van der Waals surface area contributed by atoms with Crippen molar-refractivity contribution in [2.45, 2.75) is 37.4 Å². The summed E-state index contributed by atoms with van der Waals surface area (Å²) in [6.07, 6.45) is 0.108. The molecule has 1 heterocycles. The maximum Gasteiger partial charge on any atom is 0.325 e. The van der Waals surface area contributed by atoms with Crippen LogP contribution in [0.2, 0.25) is 5.02 Å². The van der Waals surface area contributed by atoms with Gasteiger partial charge in [0.15, 0.2) is 0 Å². The number of nitrogens with zero attached hydrogens (tertiary/aromatic N) is 1. The van der Waals surface area contributed by atoms with Crippen LogP contribution >= 0.6 is 27.5 Å². The molecule has 3 aromatic rings. The minimum Gasteiger partial charge on any atom is -0.492 e. The third-order valence-corrected chi connectivity index (χ3v) is 8.41. The van der Waals surface area contributed by atoms with Gasteiger partial charge in [0.1, 0.15) is 29.1 Å². The predicted octanol–water partition coefficient (Wildman–Crippen LogP) is 5.50. The van der Waals surface area contributed by atoms with Gasteiger partial charge < -0.3 is 9.47 Å². The Hall–Kier alpha value is -2.46. The molecule has 0 aromatic heterocycles. The zero-order valence-corrected chi connectivity index (χ0v) is 21.9. The lowest BCUT2D eigenvalue weighted by molar-refractivity contribution is -0.150. The molecule has 0 N–H and O–H groups in total. The van der Waals surface area contributed by atoms with E-state index in [0.29, 0.717) is 4.47 Å². The molecule has 1 aliphatic rings. The SMILES string of the molecule is CCOc1ccc(Br)cc1S(=O)(=O)N1Cc2ccccc2CC1C(=O)OCc1c(F)cccc1Cl. The molecule has 0 amide bonds. The summed E-state index contributed by atoms with van der Waals surface area (Å²) in [4.78, 5) is 13.2. The Kier molecular flexibility index (Phi) is 7.80. The van der Waals surface area contributed by atoms with Gasteiger partial charge in [-0.2, -0.15) is 4.31 Å². The molecule has 3 aromatic carbocycles. The molecule has 35 heavy (non-hydrogen) atoms. The van der Waals surface area contributed by atoms with Gasteiger partial charge in [-0.15, -0.1) is 0 Å². The Bertz CT molecular complexity index is 1350. The van der Waals surface area contributed by atoms with Crippen LogP contribution in [0.3, 0.4) is 0 Å². The molecule has 0 bridgehead atoms. The highest BCUT2D eigenvalue weighted by atomic mass is 79.9. The van der Waals surface area contributed by atoms with Crippen molar-refractivity contribution < 1.29 is 27.1 Å². The highest BCUT2D eigenvalue weighted by molar-refractivity contribution is 9.10. The van der Waals surface area contributed by atoms with Crippen molar-refractivity contribution >= 4 is 43.5 Å². The number of sulfonamides is 1. The lowest BCUT2D eigenvalue weighted by Crippen LogP contribution is -2.49. The number of carbonyl (C=O) groups is 1. The van der Waals surface area contributed by atoms with E-state index in [1.165, 1.54) is 24.3 Å². The molecule has 0 spiro atoms. The molecule has 0 saturated carbocycles. The minimum atomic E-state index is -4.20. The van der Waals surface area contributed by atoms with Gasteiger partial charge in [0, 0.05) is 23.0 Å². The van der Waals surface area contributed by atoms with E-state index in [2.05, 4.69) is 15.9 Å². The van der Waals surface area contributed by atoms with Crippen LogP contribution in [0, 0.1) is 5.82 Å². The summed E-state index contributed by atoms with van der Waals surface area (Å²) in [5, 5.41) is 0.117. The second-order valence-corrected chi connectivity index (χ2v) is 11.1. The molecule has 184 valence electrons. The number of hydrogen-bond acceptors (Lipinski definition) is 5. The number of esters is 1. The number of ether oxygens (including phenoxy) is 2. The fraction of sp³-hybridized carbons (Fsp3) is 0.240. The largest absolute Gasteiger partial charge is 0.492 e. The molecular weight excluding hydrogens is 561 g/mol. The summed E-state index contributed by atoms with van der Waals surface area (Å²) in [7, 11) is -4.20. The van der Waals surface area contributed by atoms with Crippen LogP contribution in [0.5, 0.6) is 5.75 Å². The van der Waals surface area contributed by atoms with Crippen LogP contribution < -0.4 is 4.74 Å². The highest BCUT2D eigenvalue weighted by Crippen LogP contribution is 2.35. The van der Waals surface area contributed by atoms with Gasteiger partial charge >= 0.3 is 5.97 Å². The predicted molar refractivity (Wildman–Crippen MR) is 133 cm³/mol. The molecule has 1 atom stereocenters. The fourth-order valence-corrected chi connectivity index (χ4v) is 6.39. The normalized spacial score (nSPS) is 15.9. The topological polar surface area (TPSA) is 72.9 Å². The standard InChI is InChI=1S/C25H22BrClFNO5S/c1-2-33-23-11-10-18(26)13-24(23)35(31,32)29-14-17-7-4-3-6-16(17)12-22(29)25(30)34-15-19-20(27)8-5-9-21(19)28/h3-11,13,22H,2,12,14-15H2,1H3. The van der Waals surface area contributed by atoms with Crippen molar-refractivity contribution in [3.63, 3.8) is 0 Å². The molecule has 1 unspecified atom stereocenters. The second kappa shape index (κ2) is 10.7. The van der Waals surface area contributed by atoms with Crippen LogP contribution in [-0.2, 0) is 39.1 Å². The first-order chi connectivity index (χ1) is 16.7. The van der Waals surface area contributed by atoms with Gasteiger partial charge in [-0.05, 0) is 48.4 Å². The quantitative estimate of drug-likeness (QED) is 0.344. The van der Waals surface area contributed by atoms with Gasteiger partial charge in [-0.1, -0.05) is 57.9 Å². The van der Waals surface area contributed by atoms with Crippen LogP contribution in [0.4, 0.5) is 4.39 Å². The minimum absolute atomic E-state index is 0.0266. The number of hydrogen-bond donors (Lipinski definition) is 0. The van der Waals surface area contributed by atoms with Crippen LogP contribution in [0.25, 0.3) is 0 Å². The fourth-order valence-electron chi connectivity index (χ4n) is 3.95. The van der Waals surface area contributed by atoms with Crippen LogP contribution in [-0.4, -0.2) is 31.3 Å². The molecule has 0 aliphatic carbocycles. The van der Waals surface area contributed by atoms with Crippen molar-refractivity contribution in [1.29, 1.82) is 0 Å². The number of fused-ring (bicyclic) bond motifs is 1. The smallest absolute Gasteiger partial charge is 0.325 e. The second-order valence-electron chi connectivity index (χ2n) is 7.87. The van der Waals surface area contributed by atoms with E-state index in [1.54, 1.807) is 19.1 Å². The van der Waals surface area contributed by atoms with Crippen molar-refractivity contribution in [3.8, 4) is 5.75 Å². The third kappa shape index (κ3) is 5.38. The Labute approximate surface area is 216 Å². The summed E-state index contributed by atoms with van der Waals surface area (Å²) in [6.45, 7) is 1.57. The number of halogens is 3. The summed E-state index contributed by atoms with van der Waals surface area (Å²) in [6, 6.07) is 15.0. The van der Waals surface area contributed by atoms with Crippen molar-refractivity contribution in [2.75, 3.05) is 6.61 Å². The van der Waals surface area contributed by atoms with Crippen molar-refractivity contribution in [3.05, 3.63) is 92.7 Å². The Morgan fingerprint density at radius 1 is 1.14 bits per heavy atom. The first kappa shape index (κ1) is 25.6. The van der Waals surface area contributed by atoms with E-state index < -0.39 is 34.5 Å². The molecule has 10 heteroatoms. The lowest BCUT2D eigenvalue weighted by Gasteiger charge is -2.34. The first-order valence-electron chi connectivity index (χ1n) is 10.8. The molecule has 4 rings (SSSR count). The number of benzene rings is 3. The van der Waals surface area contributed by atoms with E-state index in [-0.39, 0.29) is 40.8 Å². The molecule has 0 radical (unpaired) electrons. The van der Waals surface area contributed by atoms with Crippen LogP contribution in [0.15, 0.2) is 70.0 Å². The van der Waals surface area contributed by atoms with Crippen molar-refractivity contribution in [1.82, 2.24) is 4.31 Å². The molecule has 1 aliphatic heterocycles. The van der Waals surface area contributed by atoms with E-state index in [4.69, 9.17) is 21.1 Å². The average Bonchev–Trinajstić information content (AvgIpc) is 2.84. The Morgan fingerprint density at radius 2 is 1.89 bits per heavy atom. The lowest BCUT2D eigenvalue weighted by atomic mass is 9.96. The number of rotatable bonds is 7. The van der Waals surface area contributed by atoms with Gasteiger partial charge in [-0.3, -0.25) is 4.79 Å². The molecular formula is C25H22BrClFNO5S. The van der Waals surface area contributed by atoms with E-state index in [0.717, 1.165) is 15.4 Å². The van der Waals surface area contributed by atoms with E-state index in [1.807, 2.05) is 24.3 Å². The third-order valence-electron chi connectivity index (χ3n) is 5.69. The maximum atomic E-state index is 14.2. The van der Waals surface area contributed by atoms with E-state index in [9.17, 15) is 17.6 Å². The highest BCUT2D eigenvalue weighted by Gasteiger charge is 2.41. The summed E-state index contributed by atoms with van der Waals surface area (Å²) in [5.74, 6) is -1.23. The van der Waals surface area contributed by atoms with Gasteiger partial charge in [0.25, 0.3) is 0 Å². The van der Waals surface area contributed by atoms with E-state index >= 15 is 0 Å². The van der Waals surface area contributed by atoms with Gasteiger partial charge in [0.2, 0.25) is 10.0 Å². The summed E-state index contributed by atoms with van der Waals surface area (Å²) >= 11 is 9.37. The molecule has 0 saturated heterocycles. The summed E-state index contributed by atoms with van der Waals surface area (Å²) < 4.78 is 54.6. The Balaban J connectivity index is 1.71. The molecule has 0 fully saturated rings. The first-order valence-corrected chi connectivity index (χ1v) is 13.4. The maximum absolute atomic E-state index is 14.2. The number of carbonyl (C=O) groups excluding carboxylic acids is 1. The van der Waals surface area contributed by atoms with Crippen molar-refractivity contribution in [2.24, 2.45) is 0 Å². The van der Waals surface area contributed by atoms with Gasteiger partial charge in [0.05, 0.1) is 11.6 Å². The monoisotopic (exact) mass is 581 g/mol. The van der Waals surface area contributed by atoms with Crippen LogP contribution in [0.1, 0.15) is 23.6 Å². The zero-order valence-electron chi connectivity index (χ0n) is 18.7.